The lowest BCUT2D eigenvalue weighted by molar-refractivity contribution is 0.241. The molecule has 0 aliphatic heterocycles. The molecule has 1 unspecified atom stereocenters. The first-order valence-electron chi connectivity index (χ1n) is 5.76. The molecule has 0 saturated carbocycles. The van der Waals surface area contributed by atoms with Crippen molar-refractivity contribution >= 4 is 15.9 Å². The van der Waals surface area contributed by atoms with Crippen molar-refractivity contribution < 1.29 is 9.84 Å². The lowest BCUT2D eigenvalue weighted by Crippen LogP contribution is -2.27. The Labute approximate surface area is 111 Å². The van der Waals surface area contributed by atoms with Gasteiger partial charge in [0.2, 0.25) is 0 Å². The van der Waals surface area contributed by atoms with Crippen LogP contribution in [0.4, 0.5) is 0 Å². The molecule has 1 atom stereocenters. The third kappa shape index (κ3) is 4.30. The fourth-order valence-electron chi connectivity index (χ4n) is 1.57. The number of ether oxygens (including phenoxy) is 1. The molecule has 2 N–H and O–H groups in total. The highest BCUT2D eigenvalue weighted by Gasteiger charge is 2.12. The van der Waals surface area contributed by atoms with Gasteiger partial charge in [0.05, 0.1) is 24.2 Å². The summed E-state index contributed by atoms with van der Waals surface area (Å²) < 4.78 is 6.09. The van der Waals surface area contributed by atoms with Crippen molar-refractivity contribution in [1.29, 1.82) is 0 Å². The Bertz CT molecular complexity index is 355. The zero-order valence-corrected chi connectivity index (χ0v) is 12.1. The van der Waals surface area contributed by atoms with Crippen LogP contribution in [0.5, 0.6) is 5.75 Å². The van der Waals surface area contributed by atoms with Crippen LogP contribution in [-0.2, 0) is 0 Å². The Kier molecular flexibility index (Phi) is 5.95. The Morgan fingerprint density at radius 2 is 2.12 bits per heavy atom. The maximum atomic E-state index is 9.40. The summed E-state index contributed by atoms with van der Waals surface area (Å²) in [5.74, 6) is 1.36. The molecule has 4 heteroatoms. The number of methoxy groups -OCH3 is 1. The molecule has 0 aromatic heterocycles. The number of aliphatic hydroxyl groups excluding tert-OH is 1. The molecule has 0 aliphatic carbocycles. The van der Waals surface area contributed by atoms with Crippen molar-refractivity contribution in [2.24, 2.45) is 5.92 Å². The second kappa shape index (κ2) is 6.99. The van der Waals surface area contributed by atoms with Gasteiger partial charge in [-0.15, -0.1) is 0 Å². The van der Waals surface area contributed by atoms with E-state index in [1.807, 2.05) is 18.2 Å². The number of aliphatic hydroxyl groups is 1. The molecule has 0 heterocycles. The molecule has 0 radical (unpaired) electrons. The topological polar surface area (TPSA) is 41.5 Å². The maximum absolute atomic E-state index is 9.40. The van der Waals surface area contributed by atoms with E-state index in [2.05, 4.69) is 35.1 Å². The fourth-order valence-corrected chi connectivity index (χ4v) is 2.12. The first-order chi connectivity index (χ1) is 8.08. The molecule has 0 bridgehead atoms. The number of rotatable bonds is 6. The van der Waals surface area contributed by atoms with Crippen LogP contribution in [0.1, 0.15) is 25.5 Å². The third-order valence-electron chi connectivity index (χ3n) is 2.53. The average molecular weight is 302 g/mol. The number of benzene rings is 1. The molecule has 17 heavy (non-hydrogen) atoms. The first kappa shape index (κ1) is 14.5. The molecule has 1 aromatic carbocycles. The summed E-state index contributed by atoms with van der Waals surface area (Å²) in [5, 5.41) is 12.7. The highest BCUT2D eigenvalue weighted by Crippen LogP contribution is 2.28. The van der Waals surface area contributed by atoms with Crippen LogP contribution < -0.4 is 10.1 Å². The number of hydrogen-bond donors (Lipinski definition) is 2. The van der Waals surface area contributed by atoms with Gasteiger partial charge < -0.3 is 15.2 Å². The minimum absolute atomic E-state index is 0.0281. The minimum Gasteiger partial charge on any atom is -0.496 e. The molecule has 1 aromatic rings. The van der Waals surface area contributed by atoms with Gasteiger partial charge in [0.15, 0.2) is 0 Å². The summed E-state index contributed by atoms with van der Waals surface area (Å²) in [5.41, 5.74) is 1.06. The van der Waals surface area contributed by atoms with E-state index < -0.39 is 0 Å². The lowest BCUT2D eigenvalue weighted by Gasteiger charge is -2.19. The summed E-state index contributed by atoms with van der Waals surface area (Å²) >= 11 is 3.45. The monoisotopic (exact) mass is 301 g/mol. The molecule has 0 amide bonds. The SMILES string of the molecule is COc1ccc(C(CO)NCC(C)C)cc1Br. The highest BCUT2D eigenvalue weighted by molar-refractivity contribution is 9.10. The van der Waals surface area contributed by atoms with E-state index in [-0.39, 0.29) is 12.6 Å². The van der Waals surface area contributed by atoms with E-state index in [1.54, 1.807) is 7.11 Å². The number of halogens is 1. The van der Waals surface area contributed by atoms with Crippen molar-refractivity contribution in [3.63, 3.8) is 0 Å². The molecule has 96 valence electrons. The van der Waals surface area contributed by atoms with Gasteiger partial charge in [-0.05, 0) is 46.1 Å². The van der Waals surface area contributed by atoms with E-state index in [4.69, 9.17) is 4.74 Å². The minimum atomic E-state index is -0.0281. The summed E-state index contributed by atoms with van der Waals surface area (Å²) in [6, 6.07) is 5.82. The summed E-state index contributed by atoms with van der Waals surface area (Å²) in [6.45, 7) is 5.26. The highest BCUT2D eigenvalue weighted by atomic mass is 79.9. The van der Waals surface area contributed by atoms with E-state index in [9.17, 15) is 5.11 Å². The molecule has 0 aliphatic rings. The van der Waals surface area contributed by atoms with Gasteiger partial charge in [0, 0.05) is 0 Å². The smallest absolute Gasteiger partial charge is 0.133 e. The van der Waals surface area contributed by atoms with Crippen molar-refractivity contribution in [3.8, 4) is 5.75 Å². The number of nitrogens with one attached hydrogen (secondary N) is 1. The molecular formula is C13H20BrNO2. The van der Waals surface area contributed by atoms with Crippen LogP contribution >= 0.6 is 15.9 Å². The predicted octanol–water partition coefficient (Wildman–Crippen LogP) is 2.74. The van der Waals surface area contributed by atoms with Crippen molar-refractivity contribution in [2.45, 2.75) is 19.9 Å². The Hall–Kier alpha value is -0.580. The van der Waals surface area contributed by atoms with Gasteiger partial charge in [-0.3, -0.25) is 0 Å². The Balaban J connectivity index is 2.78. The normalized spacial score (nSPS) is 12.8. The second-order valence-electron chi connectivity index (χ2n) is 4.43. The molecule has 0 spiro atoms. The van der Waals surface area contributed by atoms with Gasteiger partial charge in [-0.25, -0.2) is 0 Å². The van der Waals surface area contributed by atoms with E-state index in [0.717, 1.165) is 22.3 Å². The van der Waals surface area contributed by atoms with Crippen molar-refractivity contribution in [3.05, 3.63) is 28.2 Å². The van der Waals surface area contributed by atoms with Crippen LogP contribution in [0.25, 0.3) is 0 Å². The molecule has 3 nitrogen and oxygen atoms in total. The van der Waals surface area contributed by atoms with Crippen molar-refractivity contribution in [1.82, 2.24) is 5.32 Å². The summed E-state index contributed by atoms with van der Waals surface area (Å²) in [4.78, 5) is 0. The Morgan fingerprint density at radius 1 is 1.41 bits per heavy atom. The third-order valence-corrected chi connectivity index (χ3v) is 3.15. The zero-order chi connectivity index (χ0) is 12.8. The quantitative estimate of drug-likeness (QED) is 0.849. The van der Waals surface area contributed by atoms with Gasteiger partial charge >= 0.3 is 0 Å². The average Bonchev–Trinajstić information content (AvgIpc) is 2.29. The van der Waals surface area contributed by atoms with Crippen LogP contribution in [0.15, 0.2) is 22.7 Å². The predicted molar refractivity (Wildman–Crippen MR) is 73.4 cm³/mol. The largest absolute Gasteiger partial charge is 0.496 e. The van der Waals surface area contributed by atoms with E-state index in [1.165, 1.54) is 0 Å². The van der Waals surface area contributed by atoms with Gasteiger partial charge in [-0.2, -0.15) is 0 Å². The lowest BCUT2D eigenvalue weighted by atomic mass is 10.1. The van der Waals surface area contributed by atoms with Gasteiger partial charge in [0.1, 0.15) is 5.75 Å². The molecular weight excluding hydrogens is 282 g/mol. The number of hydrogen-bond acceptors (Lipinski definition) is 3. The van der Waals surface area contributed by atoms with Crippen LogP contribution in [0, 0.1) is 5.92 Å². The van der Waals surface area contributed by atoms with Gasteiger partial charge in [-0.1, -0.05) is 19.9 Å². The zero-order valence-electron chi connectivity index (χ0n) is 10.5. The van der Waals surface area contributed by atoms with Gasteiger partial charge in [0.25, 0.3) is 0 Å². The fraction of sp³-hybridized carbons (Fsp3) is 0.538. The second-order valence-corrected chi connectivity index (χ2v) is 5.29. The summed E-state index contributed by atoms with van der Waals surface area (Å²) in [6.07, 6.45) is 0. The van der Waals surface area contributed by atoms with Crippen molar-refractivity contribution in [2.75, 3.05) is 20.3 Å². The van der Waals surface area contributed by atoms with E-state index >= 15 is 0 Å². The molecule has 0 saturated heterocycles. The molecule has 0 fully saturated rings. The maximum Gasteiger partial charge on any atom is 0.133 e. The summed E-state index contributed by atoms with van der Waals surface area (Å²) in [7, 11) is 1.64. The standard InChI is InChI=1S/C13H20BrNO2/c1-9(2)7-15-12(8-16)10-4-5-13(17-3)11(14)6-10/h4-6,9,12,15-16H,7-8H2,1-3H3. The van der Waals surface area contributed by atoms with E-state index in [0.29, 0.717) is 5.92 Å². The van der Waals surface area contributed by atoms with Crippen LogP contribution in [0.2, 0.25) is 0 Å². The Morgan fingerprint density at radius 3 is 2.59 bits per heavy atom. The molecule has 1 rings (SSSR count). The van der Waals surface area contributed by atoms with Crippen LogP contribution in [-0.4, -0.2) is 25.4 Å². The first-order valence-corrected chi connectivity index (χ1v) is 6.55. The van der Waals surface area contributed by atoms with Crippen LogP contribution in [0.3, 0.4) is 0 Å².